The van der Waals surface area contributed by atoms with Crippen molar-refractivity contribution in [2.24, 2.45) is 0 Å². The van der Waals surface area contributed by atoms with Crippen LogP contribution in [0, 0.1) is 0 Å². The third-order valence-electron chi connectivity index (χ3n) is 3.24. The quantitative estimate of drug-likeness (QED) is 0.677. The molecule has 2 atom stereocenters. The third kappa shape index (κ3) is 3.79. The standard InChI is InChI=1S/C15H20O5/c1-17-6-7-19-15-13(16)9-14(15)20-10-11-4-3-5-12(8-11)18-2/h3-5,8,14-15H,6-7,9-10H2,1-2H3. The largest absolute Gasteiger partial charge is 0.497 e. The summed E-state index contributed by atoms with van der Waals surface area (Å²) in [6.45, 7) is 1.33. The van der Waals surface area contributed by atoms with Gasteiger partial charge in [-0.05, 0) is 17.7 Å². The Morgan fingerprint density at radius 2 is 2.05 bits per heavy atom. The lowest BCUT2D eigenvalue weighted by atomic mass is 9.90. The highest BCUT2D eigenvalue weighted by molar-refractivity contribution is 5.90. The Balaban J connectivity index is 1.79. The van der Waals surface area contributed by atoms with Crippen molar-refractivity contribution in [3.8, 4) is 5.75 Å². The second-order valence-corrected chi connectivity index (χ2v) is 4.66. The first-order chi connectivity index (χ1) is 9.74. The molecule has 0 radical (unpaired) electrons. The molecule has 110 valence electrons. The van der Waals surface area contributed by atoms with Crippen LogP contribution in [0.4, 0.5) is 0 Å². The van der Waals surface area contributed by atoms with Gasteiger partial charge >= 0.3 is 0 Å². The van der Waals surface area contributed by atoms with Crippen molar-refractivity contribution in [1.82, 2.24) is 0 Å². The molecule has 1 aromatic rings. The van der Waals surface area contributed by atoms with Crippen molar-refractivity contribution in [3.63, 3.8) is 0 Å². The average Bonchev–Trinajstić information content (AvgIpc) is 2.48. The Kier molecular flexibility index (Phi) is 5.52. The molecule has 2 unspecified atom stereocenters. The molecule has 0 heterocycles. The van der Waals surface area contributed by atoms with E-state index in [2.05, 4.69) is 0 Å². The molecular formula is C15H20O5. The smallest absolute Gasteiger partial charge is 0.166 e. The van der Waals surface area contributed by atoms with Crippen LogP contribution in [-0.4, -0.2) is 45.4 Å². The lowest BCUT2D eigenvalue weighted by Crippen LogP contribution is -2.50. The molecule has 0 bridgehead atoms. The highest BCUT2D eigenvalue weighted by Crippen LogP contribution is 2.24. The number of carbonyl (C=O) groups is 1. The number of methoxy groups -OCH3 is 2. The highest BCUT2D eigenvalue weighted by atomic mass is 16.6. The van der Waals surface area contributed by atoms with Gasteiger partial charge in [-0.2, -0.15) is 0 Å². The molecule has 1 aliphatic carbocycles. The van der Waals surface area contributed by atoms with E-state index in [0.29, 0.717) is 26.2 Å². The van der Waals surface area contributed by atoms with E-state index in [9.17, 15) is 4.79 Å². The van der Waals surface area contributed by atoms with Gasteiger partial charge in [0.1, 0.15) is 11.9 Å². The van der Waals surface area contributed by atoms with E-state index < -0.39 is 6.10 Å². The molecule has 5 nitrogen and oxygen atoms in total. The van der Waals surface area contributed by atoms with E-state index in [1.54, 1.807) is 14.2 Å². The predicted molar refractivity (Wildman–Crippen MR) is 72.8 cm³/mol. The number of carbonyl (C=O) groups excluding carboxylic acids is 1. The molecule has 1 aliphatic rings. The molecule has 1 fully saturated rings. The fourth-order valence-corrected chi connectivity index (χ4v) is 2.04. The summed E-state index contributed by atoms with van der Waals surface area (Å²) in [7, 11) is 3.23. The second-order valence-electron chi connectivity index (χ2n) is 4.66. The Morgan fingerprint density at radius 3 is 2.75 bits per heavy atom. The Labute approximate surface area is 118 Å². The number of rotatable bonds is 8. The molecule has 0 amide bonds. The summed E-state index contributed by atoms with van der Waals surface area (Å²) < 4.78 is 21.2. The first kappa shape index (κ1) is 15.0. The Morgan fingerprint density at radius 1 is 1.20 bits per heavy atom. The number of hydrogen-bond donors (Lipinski definition) is 0. The van der Waals surface area contributed by atoms with Gasteiger partial charge < -0.3 is 18.9 Å². The van der Waals surface area contributed by atoms with Gasteiger partial charge in [0, 0.05) is 13.5 Å². The van der Waals surface area contributed by atoms with Crippen molar-refractivity contribution in [1.29, 1.82) is 0 Å². The maximum atomic E-state index is 11.5. The van der Waals surface area contributed by atoms with Gasteiger partial charge in [0.25, 0.3) is 0 Å². The second kappa shape index (κ2) is 7.38. The summed E-state index contributed by atoms with van der Waals surface area (Å²) >= 11 is 0. The van der Waals surface area contributed by atoms with Crippen LogP contribution in [0.3, 0.4) is 0 Å². The molecule has 1 aromatic carbocycles. The summed E-state index contributed by atoms with van der Waals surface area (Å²) in [5.41, 5.74) is 1.01. The minimum absolute atomic E-state index is 0.0942. The molecule has 1 saturated carbocycles. The maximum absolute atomic E-state index is 11.5. The van der Waals surface area contributed by atoms with Crippen LogP contribution in [0.1, 0.15) is 12.0 Å². The van der Waals surface area contributed by atoms with E-state index in [-0.39, 0.29) is 11.9 Å². The summed E-state index contributed by atoms with van der Waals surface area (Å²) in [5, 5.41) is 0. The number of ether oxygens (including phenoxy) is 4. The van der Waals surface area contributed by atoms with E-state index >= 15 is 0 Å². The van der Waals surface area contributed by atoms with Gasteiger partial charge in [-0.15, -0.1) is 0 Å². The topological polar surface area (TPSA) is 54.0 Å². The molecule has 5 heteroatoms. The molecule has 0 saturated heterocycles. The lowest BCUT2D eigenvalue weighted by molar-refractivity contribution is -0.169. The predicted octanol–water partition coefficient (Wildman–Crippen LogP) is 1.58. The first-order valence-corrected chi connectivity index (χ1v) is 6.62. The highest BCUT2D eigenvalue weighted by Gasteiger charge is 2.41. The summed E-state index contributed by atoms with van der Waals surface area (Å²) in [5.74, 6) is 0.889. The number of hydrogen-bond acceptors (Lipinski definition) is 5. The summed E-state index contributed by atoms with van der Waals surface area (Å²) in [4.78, 5) is 11.5. The van der Waals surface area contributed by atoms with Crippen LogP contribution < -0.4 is 4.74 Å². The third-order valence-corrected chi connectivity index (χ3v) is 3.24. The van der Waals surface area contributed by atoms with Gasteiger partial charge in [0.15, 0.2) is 5.78 Å². The first-order valence-electron chi connectivity index (χ1n) is 6.62. The van der Waals surface area contributed by atoms with E-state index in [0.717, 1.165) is 11.3 Å². The Hall–Kier alpha value is -1.43. The minimum atomic E-state index is -0.448. The Bertz CT molecular complexity index is 446. The zero-order valence-corrected chi connectivity index (χ0v) is 11.8. The number of Topliss-reactive ketones (excluding diaryl/α,β-unsaturated/α-hetero) is 1. The van der Waals surface area contributed by atoms with Gasteiger partial charge in [0.2, 0.25) is 0 Å². The molecule has 2 rings (SSSR count). The fraction of sp³-hybridized carbons (Fsp3) is 0.533. The van der Waals surface area contributed by atoms with E-state index in [1.165, 1.54) is 0 Å². The van der Waals surface area contributed by atoms with Crippen molar-refractivity contribution in [3.05, 3.63) is 29.8 Å². The average molecular weight is 280 g/mol. The monoisotopic (exact) mass is 280 g/mol. The summed E-state index contributed by atoms with van der Waals surface area (Å²) in [6, 6.07) is 7.67. The maximum Gasteiger partial charge on any atom is 0.166 e. The molecule has 0 aromatic heterocycles. The molecule has 20 heavy (non-hydrogen) atoms. The van der Waals surface area contributed by atoms with Crippen molar-refractivity contribution < 1.29 is 23.7 Å². The van der Waals surface area contributed by atoms with Gasteiger partial charge in [-0.25, -0.2) is 0 Å². The number of ketones is 1. The molecule has 0 aliphatic heterocycles. The fourth-order valence-electron chi connectivity index (χ4n) is 2.04. The zero-order valence-electron chi connectivity index (χ0n) is 11.8. The molecule has 0 N–H and O–H groups in total. The number of benzene rings is 1. The van der Waals surface area contributed by atoms with Crippen molar-refractivity contribution in [2.45, 2.75) is 25.2 Å². The van der Waals surface area contributed by atoms with E-state index in [4.69, 9.17) is 18.9 Å². The zero-order chi connectivity index (χ0) is 14.4. The minimum Gasteiger partial charge on any atom is -0.497 e. The van der Waals surface area contributed by atoms with Crippen LogP contribution in [0.25, 0.3) is 0 Å². The normalized spacial score (nSPS) is 21.6. The van der Waals surface area contributed by atoms with Crippen LogP contribution in [0.2, 0.25) is 0 Å². The van der Waals surface area contributed by atoms with Crippen LogP contribution >= 0.6 is 0 Å². The van der Waals surface area contributed by atoms with Crippen molar-refractivity contribution in [2.75, 3.05) is 27.4 Å². The van der Waals surface area contributed by atoms with Crippen LogP contribution in [0.15, 0.2) is 24.3 Å². The lowest BCUT2D eigenvalue weighted by Gasteiger charge is -2.34. The van der Waals surface area contributed by atoms with E-state index in [1.807, 2.05) is 24.3 Å². The van der Waals surface area contributed by atoms with Gasteiger partial charge in [-0.3, -0.25) is 4.79 Å². The molecule has 0 spiro atoms. The summed E-state index contributed by atoms with van der Waals surface area (Å²) in [6.07, 6.45) is -0.192. The van der Waals surface area contributed by atoms with Gasteiger partial charge in [0.05, 0.1) is 33.0 Å². The van der Waals surface area contributed by atoms with Crippen LogP contribution in [-0.2, 0) is 25.6 Å². The van der Waals surface area contributed by atoms with Gasteiger partial charge in [-0.1, -0.05) is 12.1 Å². The van der Waals surface area contributed by atoms with Crippen molar-refractivity contribution >= 4 is 5.78 Å². The molecular weight excluding hydrogens is 260 g/mol. The van der Waals surface area contributed by atoms with Crippen LogP contribution in [0.5, 0.6) is 5.75 Å². The SMILES string of the molecule is COCCOC1C(=O)CC1OCc1cccc(OC)c1.